The first kappa shape index (κ1) is 12.6. The molecule has 0 aliphatic heterocycles. The van der Waals surface area contributed by atoms with Gasteiger partial charge in [0.15, 0.2) is 4.77 Å². The van der Waals surface area contributed by atoms with E-state index in [1.165, 1.54) is 11.7 Å². The highest BCUT2D eigenvalue weighted by atomic mass is 32.1. The lowest BCUT2D eigenvalue weighted by molar-refractivity contribution is 0.397. The van der Waals surface area contributed by atoms with E-state index in [1.807, 2.05) is 6.92 Å². The van der Waals surface area contributed by atoms with Crippen molar-refractivity contribution in [3.63, 3.8) is 0 Å². The molecule has 18 heavy (non-hydrogen) atoms. The summed E-state index contributed by atoms with van der Waals surface area (Å²) in [5.74, 6) is 1.08. The van der Waals surface area contributed by atoms with Crippen LogP contribution in [0, 0.1) is 4.77 Å². The zero-order chi connectivity index (χ0) is 13.3. The summed E-state index contributed by atoms with van der Waals surface area (Å²) in [5, 5.41) is 0.480. The molecule has 2 rings (SSSR count). The number of H-pyrrole nitrogens is 1. The molecule has 0 unspecified atom stereocenters. The molecule has 6 heteroatoms. The Morgan fingerprint density at radius 1 is 1.33 bits per heavy atom. The van der Waals surface area contributed by atoms with Crippen molar-refractivity contribution in [3.8, 4) is 11.5 Å². The molecule has 0 aliphatic carbocycles. The number of benzene rings is 1. The summed E-state index contributed by atoms with van der Waals surface area (Å²) in [7, 11) is 3.08. The van der Waals surface area contributed by atoms with Crippen LogP contribution in [0.4, 0.5) is 0 Å². The fourth-order valence-corrected chi connectivity index (χ4v) is 2.21. The molecule has 0 atom stereocenters. The van der Waals surface area contributed by atoms with Crippen molar-refractivity contribution < 1.29 is 9.47 Å². The van der Waals surface area contributed by atoms with Crippen LogP contribution in [0.15, 0.2) is 16.9 Å². The van der Waals surface area contributed by atoms with Crippen LogP contribution < -0.4 is 15.0 Å². The van der Waals surface area contributed by atoms with Gasteiger partial charge >= 0.3 is 0 Å². The Labute approximate surface area is 109 Å². The standard InChI is InChI=1S/C12H14N2O3S/c1-4-14-11(15)10-8(13-12(14)18)5-7(16-2)6-9(10)17-3/h5-6H,4H2,1-3H3,(H,13,18). The first-order chi connectivity index (χ1) is 8.62. The summed E-state index contributed by atoms with van der Waals surface area (Å²) in [6, 6.07) is 3.41. The van der Waals surface area contributed by atoms with Crippen LogP contribution >= 0.6 is 12.2 Å². The van der Waals surface area contributed by atoms with Gasteiger partial charge in [-0.1, -0.05) is 0 Å². The third-order valence-electron chi connectivity index (χ3n) is 2.79. The average molecular weight is 266 g/mol. The topological polar surface area (TPSA) is 56.2 Å². The second-order valence-electron chi connectivity index (χ2n) is 3.73. The van der Waals surface area contributed by atoms with Gasteiger partial charge in [-0.25, -0.2) is 0 Å². The maximum atomic E-state index is 12.3. The van der Waals surface area contributed by atoms with E-state index < -0.39 is 0 Å². The molecule has 0 spiro atoms. The van der Waals surface area contributed by atoms with Gasteiger partial charge in [-0.3, -0.25) is 9.36 Å². The quantitative estimate of drug-likeness (QED) is 0.864. The number of methoxy groups -OCH3 is 2. The van der Waals surface area contributed by atoms with Gasteiger partial charge in [-0.15, -0.1) is 0 Å². The summed E-state index contributed by atoms with van der Waals surface area (Å²) in [6.07, 6.45) is 0. The van der Waals surface area contributed by atoms with Crippen LogP contribution in [-0.2, 0) is 6.54 Å². The molecule has 96 valence electrons. The smallest absolute Gasteiger partial charge is 0.265 e. The number of rotatable bonds is 3. The van der Waals surface area contributed by atoms with Crippen molar-refractivity contribution in [2.45, 2.75) is 13.5 Å². The minimum absolute atomic E-state index is 0.157. The van der Waals surface area contributed by atoms with E-state index in [9.17, 15) is 4.79 Å². The lowest BCUT2D eigenvalue weighted by Crippen LogP contribution is -2.21. The normalized spacial score (nSPS) is 10.6. The van der Waals surface area contributed by atoms with Crippen molar-refractivity contribution in [2.24, 2.45) is 0 Å². The molecule has 5 nitrogen and oxygen atoms in total. The summed E-state index contributed by atoms with van der Waals surface area (Å²) < 4.78 is 12.3. The van der Waals surface area contributed by atoms with Gasteiger partial charge in [0.1, 0.15) is 16.9 Å². The molecule has 0 fully saturated rings. The van der Waals surface area contributed by atoms with Crippen molar-refractivity contribution in [3.05, 3.63) is 27.3 Å². The monoisotopic (exact) mass is 266 g/mol. The highest BCUT2D eigenvalue weighted by Gasteiger charge is 2.12. The van der Waals surface area contributed by atoms with E-state index in [0.717, 1.165) is 0 Å². The number of fused-ring (bicyclic) bond motifs is 1. The number of aromatic amines is 1. The summed E-state index contributed by atoms with van der Waals surface area (Å²) in [4.78, 5) is 15.3. The van der Waals surface area contributed by atoms with Gasteiger partial charge in [0.25, 0.3) is 5.56 Å². The van der Waals surface area contributed by atoms with Gasteiger partial charge in [0.2, 0.25) is 0 Å². The minimum Gasteiger partial charge on any atom is -0.497 e. The third kappa shape index (κ3) is 1.88. The summed E-state index contributed by atoms with van der Waals surface area (Å²) >= 11 is 5.15. The molecular weight excluding hydrogens is 252 g/mol. The van der Waals surface area contributed by atoms with Gasteiger partial charge in [-0.05, 0) is 19.1 Å². The number of nitrogens with one attached hydrogen (secondary N) is 1. The molecular formula is C12H14N2O3S. The zero-order valence-electron chi connectivity index (χ0n) is 10.4. The van der Waals surface area contributed by atoms with Gasteiger partial charge < -0.3 is 14.5 Å². The van der Waals surface area contributed by atoms with E-state index in [-0.39, 0.29) is 5.56 Å². The second kappa shape index (κ2) is 4.81. The number of nitrogens with zero attached hydrogens (tertiary/aromatic N) is 1. The molecule has 0 amide bonds. The molecule has 1 N–H and O–H groups in total. The maximum absolute atomic E-state index is 12.3. The summed E-state index contributed by atoms with van der Waals surface area (Å²) in [6.45, 7) is 2.38. The van der Waals surface area contributed by atoms with Crippen LogP contribution in [0.25, 0.3) is 10.9 Å². The van der Waals surface area contributed by atoms with E-state index in [2.05, 4.69) is 4.98 Å². The number of aromatic nitrogens is 2. The van der Waals surface area contributed by atoms with E-state index in [0.29, 0.717) is 33.7 Å². The number of hydrogen-bond donors (Lipinski definition) is 1. The van der Waals surface area contributed by atoms with Crippen LogP contribution in [0.2, 0.25) is 0 Å². The lowest BCUT2D eigenvalue weighted by atomic mass is 10.2. The fourth-order valence-electron chi connectivity index (χ4n) is 1.89. The largest absolute Gasteiger partial charge is 0.497 e. The van der Waals surface area contributed by atoms with Crippen LogP contribution in [0.5, 0.6) is 11.5 Å². The molecule has 0 saturated carbocycles. The Bertz CT molecular complexity index is 703. The van der Waals surface area contributed by atoms with Crippen LogP contribution in [-0.4, -0.2) is 23.8 Å². The first-order valence-electron chi connectivity index (χ1n) is 5.51. The third-order valence-corrected chi connectivity index (χ3v) is 3.12. The minimum atomic E-state index is -0.157. The fraction of sp³-hybridized carbons (Fsp3) is 0.333. The van der Waals surface area contributed by atoms with Crippen molar-refractivity contribution in [1.82, 2.24) is 9.55 Å². The van der Waals surface area contributed by atoms with E-state index in [4.69, 9.17) is 21.7 Å². The predicted octanol–water partition coefficient (Wildman–Crippen LogP) is 2.10. The number of ether oxygens (including phenoxy) is 2. The average Bonchev–Trinajstić information content (AvgIpc) is 2.37. The maximum Gasteiger partial charge on any atom is 0.265 e. The molecule has 0 aliphatic rings. The first-order valence-corrected chi connectivity index (χ1v) is 5.92. The summed E-state index contributed by atoms with van der Waals surface area (Å²) in [5.41, 5.74) is 0.460. The Hall–Kier alpha value is -1.82. The lowest BCUT2D eigenvalue weighted by Gasteiger charge is -2.10. The zero-order valence-corrected chi connectivity index (χ0v) is 11.3. The van der Waals surface area contributed by atoms with Gasteiger partial charge in [0.05, 0.1) is 19.7 Å². The Balaban J connectivity index is 2.97. The van der Waals surface area contributed by atoms with Crippen molar-refractivity contribution in [2.75, 3.05) is 14.2 Å². The molecule has 2 aromatic rings. The highest BCUT2D eigenvalue weighted by Crippen LogP contribution is 2.27. The van der Waals surface area contributed by atoms with Gasteiger partial charge in [-0.2, -0.15) is 0 Å². The van der Waals surface area contributed by atoms with Gasteiger partial charge in [0, 0.05) is 18.7 Å². The SMILES string of the molecule is CCn1c(=S)[nH]c2cc(OC)cc(OC)c2c1=O. The van der Waals surface area contributed by atoms with Crippen molar-refractivity contribution >= 4 is 23.1 Å². The Kier molecular flexibility index (Phi) is 3.38. The molecule has 1 aromatic heterocycles. The van der Waals surface area contributed by atoms with Crippen LogP contribution in [0.3, 0.4) is 0 Å². The molecule has 0 radical (unpaired) electrons. The second-order valence-corrected chi connectivity index (χ2v) is 4.12. The molecule has 0 saturated heterocycles. The van der Waals surface area contributed by atoms with Crippen molar-refractivity contribution in [1.29, 1.82) is 0 Å². The van der Waals surface area contributed by atoms with Crippen LogP contribution in [0.1, 0.15) is 6.92 Å². The van der Waals surface area contributed by atoms with E-state index >= 15 is 0 Å². The highest BCUT2D eigenvalue weighted by molar-refractivity contribution is 7.71. The number of hydrogen-bond acceptors (Lipinski definition) is 4. The molecule has 0 bridgehead atoms. The Morgan fingerprint density at radius 2 is 2.06 bits per heavy atom. The molecule has 1 aromatic carbocycles. The van der Waals surface area contributed by atoms with E-state index in [1.54, 1.807) is 19.2 Å². The molecule has 1 heterocycles. The Morgan fingerprint density at radius 3 is 2.61 bits per heavy atom. The predicted molar refractivity (Wildman–Crippen MR) is 72.2 cm³/mol.